The number of hydrogen-bond acceptors (Lipinski definition) is 4. The molecule has 40 heavy (non-hydrogen) atoms. The smallest absolute Gasteiger partial charge is 0.305 e. The van der Waals surface area contributed by atoms with Gasteiger partial charge >= 0.3 is 5.97 Å². The monoisotopic (exact) mass is 542 g/mol. The average molecular weight is 543 g/mol. The number of methoxy groups -OCH3 is 1. The molecule has 1 unspecified atom stereocenters. The van der Waals surface area contributed by atoms with Gasteiger partial charge in [-0.2, -0.15) is 0 Å². The number of aliphatic hydroxyl groups excluding tert-OH is 1. The van der Waals surface area contributed by atoms with Gasteiger partial charge in [0.15, 0.2) is 6.23 Å². The topological polar surface area (TPSA) is 63.5 Å². The molecule has 0 radical (unpaired) electrons. The Kier molecular flexibility index (Phi) is 10.1. The fourth-order valence-electron chi connectivity index (χ4n) is 5.35. The van der Waals surface area contributed by atoms with E-state index in [0.29, 0.717) is 6.42 Å². The molecule has 1 aromatic heterocycles. The van der Waals surface area contributed by atoms with E-state index in [2.05, 4.69) is 35.9 Å². The van der Waals surface area contributed by atoms with Crippen LogP contribution in [0.3, 0.4) is 0 Å². The molecule has 0 spiro atoms. The van der Waals surface area contributed by atoms with Crippen molar-refractivity contribution in [3.8, 4) is 22.4 Å². The van der Waals surface area contributed by atoms with Gasteiger partial charge in [0.1, 0.15) is 5.82 Å². The second kappa shape index (κ2) is 13.9. The molecule has 0 bridgehead atoms. The number of nitrogens with one attached hydrogen (secondary N) is 1. The number of esters is 1. The summed E-state index contributed by atoms with van der Waals surface area (Å²) in [6.07, 6.45) is 3.04. The van der Waals surface area contributed by atoms with Crippen LogP contribution in [0, 0.1) is 5.82 Å². The fraction of sp³-hybridized carbons (Fsp3) is 0.324. The number of benzene rings is 3. The molecule has 0 aliphatic heterocycles. The van der Waals surface area contributed by atoms with Gasteiger partial charge in [0.25, 0.3) is 0 Å². The molecule has 2 N–H and O–H groups in total. The number of unbranched alkanes of at least 4 members (excludes halogenated alkanes) is 3. The van der Waals surface area contributed by atoms with E-state index in [4.69, 9.17) is 4.74 Å². The first-order valence-corrected chi connectivity index (χ1v) is 14.0. The molecule has 0 aliphatic rings. The number of carbonyl (C=O) groups excluding carboxylic acids is 1. The summed E-state index contributed by atoms with van der Waals surface area (Å²) < 4.78 is 21.1. The number of anilines is 1. The first-order valence-electron chi connectivity index (χ1n) is 14.0. The van der Waals surface area contributed by atoms with Crippen molar-refractivity contribution in [1.82, 2.24) is 4.57 Å². The minimum atomic E-state index is -0.962. The van der Waals surface area contributed by atoms with Crippen LogP contribution in [-0.4, -0.2) is 22.8 Å². The van der Waals surface area contributed by atoms with Gasteiger partial charge in [-0.3, -0.25) is 4.79 Å². The molecule has 0 aliphatic carbocycles. The van der Waals surface area contributed by atoms with Crippen LogP contribution in [0.5, 0.6) is 0 Å². The van der Waals surface area contributed by atoms with Crippen molar-refractivity contribution in [2.75, 3.05) is 12.4 Å². The molecule has 3 aromatic carbocycles. The lowest BCUT2D eigenvalue weighted by molar-refractivity contribution is -0.140. The lowest BCUT2D eigenvalue weighted by Gasteiger charge is -2.20. The van der Waals surface area contributed by atoms with E-state index < -0.39 is 6.23 Å². The second-order valence-corrected chi connectivity index (χ2v) is 10.4. The summed E-state index contributed by atoms with van der Waals surface area (Å²) in [4.78, 5) is 11.5. The van der Waals surface area contributed by atoms with Crippen LogP contribution in [0.4, 0.5) is 10.1 Å². The highest BCUT2D eigenvalue weighted by Crippen LogP contribution is 2.45. The Morgan fingerprint density at radius 2 is 1.50 bits per heavy atom. The Hall–Kier alpha value is -3.90. The molecule has 0 fully saturated rings. The SMILES string of the molecule is COC(=O)CCCCCCn1c(-c2ccc(F)cc2)c(-c2ccccc2)c(C(O)Nc2ccccc2)c1C(C)C. The average Bonchev–Trinajstić information content (AvgIpc) is 3.31. The van der Waals surface area contributed by atoms with E-state index in [0.717, 1.165) is 71.6 Å². The Labute approximate surface area is 236 Å². The molecule has 210 valence electrons. The van der Waals surface area contributed by atoms with Gasteiger partial charge in [-0.05, 0) is 66.3 Å². The molecule has 0 saturated carbocycles. The highest BCUT2D eigenvalue weighted by atomic mass is 19.1. The Morgan fingerprint density at radius 3 is 2.12 bits per heavy atom. The van der Waals surface area contributed by atoms with Crippen molar-refractivity contribution in [2.24, 2.45) is 0 Å². The van der Waals surface area contributed by atoms with Gasteiger partial charge in [-0.1, -0.05) is 75.2 Å². The number of aliphatic hydroxyl groups is 1. The Morgan fingerprint density at radius 1 is 0.875 bits per heavy atom. The minimum absolute atomic E-state index is 0.109. The molecule has 6 heteroatoms. The van der Waals surface area contributed by atoms with Gasteiger partial charge < -0.3 is 19.7 Å². The Bertz CT molecular complexity index is 1370. The highest BCUT2D eigenvalue weighted by Gasteiger charge is 2.30. The lowest BCUT2D eigenvalue weighted by Crippen LogP contribution is -2.14. The van der Waals surface area contributed by atoms with E-state index >= 15 is 0 Å². The maximum atomic E-state index is 14.0. The normalized spacial score (nSPS) is 11.9. The predicted molar refractivity (Wildman–Crippen MR) is 159 cm³/mol. The quantitative estimate of drug-likeness (QED) is 0.101. The summed E-state index contributed by atoms with van der Waals surface area (Å²) in [6.45, 7) is 5.02. The molecule has 4 rings (SSSR count). The molecule has 0 amide bonds. The van der Waals surface area contributed by atoms with Gasteiger partial charge in [0, 0.05) is 35.5 Å². The number of aromatic nitrogens is 1. The van der Waals surface area contributed by atoms with Crippen LogP contribution in [0.2, 0.25) is 0 Å². The summed E-state index contributed by atoms with van der Waals surface area (Å²) in [5.74, 6) is -0.356. The molecule has 1 atom stereocenters. The minimum Gasteiger partial charge on any atom is -0.469 e. The standard InChI is InChI=1S/C34H39FN2O3/c1-24(2)32-31(34(39)36-28-16-10-7-11-17-28)30(25-14-8-6-9-15-25)33(26-19-21-27(35)22-20-26)37(32)23-13-5-4-12-18-29(38)40-3/h6-11,14-17,19-22,24,34,36,39H,4-5,12-13,18,23H2,1-3H3. The molecule has 4 aromatic rings. The van der Waals surface area contributed by atoms with Crippen LogP contribution < -0.4 is 5.32 Å². The van der Waals surface area contributed by atoms with Crippen LogP contribution in [0.25, 0.3) is 22.4 Å². The zero-order valence-corrected chi connectivity index (χ0v) is 23.6. The molecule has 1 heterocycles. The van der Waals surface area contributed by atoms with Crippen molar-refractivity contribution in [3.63, 3.8) is 0 Å². The van der Waals surface area contributed by atoms with E-state index in [1.54, 1.807) is 0 Å². The van der Waals surface area contributed by atoms with E-state index in [1.807, 2.05) is 60.7 Å². The number of halogens is 1. The largest absolute Gasteiger partial charge is 0.469 e. The van der Waals surface area contributed by atoms with Gasteiger partial charge in [-0.15, -0.1) is 0 Å². The van der Waals surface area contributed by atoms with Gasteiger partial charge in [-0.25, -0.2) is 4.39 Å². The Balaban J connectivity index is 1.82. The van der Waals surface area contributed by atoms with Crippen LogP contribution in [0.15, 0.2) is 84.9 Å². The maximum absolute atomic E-state index is 14.0. The molecular formula is C34H39FN2O3. The summed E-state index contributed by atoms with van der Waals surface area (Å²) in [5.41, 5.74) is 6.49. The number of nitrogens with zero attached hydrogens (tertiary/aromatic N) is 1. The van der Waals surface area contributed by atoms with Crippen LogP contribution >= 0.6 is 0 Å². The number of para-hydroxylation sites is 1. The fourth-order valence-corrected chi connectivity index (χ4v) is 5.35. The zero-order valence-electron chi connectivity index (χ0n) is 23.6. The first kappa shape index (κ1) is 29.1. The highest BCUT2D eigenvalue weighted by molar-refractivity contribution is 5.86. The summed E-state index contributed by atoms with van der Waals surface area (Å²) in [7, 11) is 1.42. The first-order chi connectivity index (χ1) is 19.4. The maximum Gasteiger partial charge on any atom is 0.305 e. The molecule has 5 nitrogen and oxygen atoms in total. The third-order valence-electron chi connectivity index (χ3n) is 7.16. The summed E-state index contributed by atoms with van der Waals surface area (Å²) >= 11 is 0. The van der Waals surface area contributed by atoms with Crippen molar-refractivity contribution in [3.05, 3.63) is 102 Å². The number of ether oxygens (including phenoxy) is 1. The number of rotatable bonds is 13. The lowest BCUT2D eigenvalue weighted by atomic mass is 9.94. The third-order valence-corrected chi connectivity index (χ3v) is 7.16. The van der Waals surface area contributed by atoms with E-state index in [-0.39, 0.29) is 17.7 Å². The summed E-state index contributed by atoms with van der Waals surface area (Å²) in [5, 5.41) is 15.1. The third kappa shape index (κ3) is 6.99. The second-order valence-electron chi connectivity index (χ2n) is 10.4. The van der Waals surface area contributed by atoms with Gasteiger partial charge in [0.05, 0.1) is 12.8 Å². The van der Waals surface area contributed by atoms with Crippen molar-refractivity contribution < 1.29 is 19.0 Å². The van der Waals surface area contributed by atoms with Crippen molar-refractivity contribution in [1.29, 1.82) is 0 Å². The summed E-state index contributed by atoms with van der Waals surface area (Å²) in [6, 6.07) is 26.4. The van der Waals surface area contributed by atoms with E-state index in [1.165, 1.54) is 19.2 Å². The molecule has 0 saturated heterocycles. The predicted octanol–water partition coefficient (Wildman–Crippen LogP) is 8.31. The van der Waals surface area contributed by atoms with Crippen molar-refractivity contribution in [2.45, 2.75) is 64.6 Å². The van der Waals surface area contributed by atoms with Crippen LogP contribution in [-0.2, 0) is 16.1 Å². The number of carbonyl (C=O) groups is 1. The number of hydrogen-bond donors (Lipinski definition) is 2. The molecular weight excluding hydrogens is 503 g/mol. The van der Waals surface area contributed by atoms with Crippen molar-refractivity contribution >= 4 is 11.7 Å². The van der Waals surface area contributed by atoms with Crippen LogP contribution in [0.1, 0.15) is 69.4 Å². The van der Waals surface area contributed by atoms with E-state index in [9.17, 15) is 14.3 Å². The zero-order chi connectivity index (χ0) is 28.5. The van der Waals surface area contributed by atoms with Gasteiger partial charge in [0.2, 0.25) is 0 Å².